The Morgan fingerprint density at radius 3 is 2.62 bits per heavy atom. The molecular weight excluding hydrogens is 256 g/mol. The van der Waals surface area contributed by atoms with Crippen LogP contribution >= 0.6 is 0 Å². The fraction of sp³-hybridized carbons (Fsp3) is 0.368. The number of hydrogen-bond donors (Lipinski definition) is 2. The third-order valence-corrected chi connectivity index (χ3v) is 4.53. The molecular formula is C19H24N2. The van der Waals surface area contributed by atoms with Crippen LogP contribution < -0.4 is 11.3 Å². The first-order valence-electron chi connectivity index (χ1n) is 7.98. The quantitative estimate of drug-likeness (QED) is 0.625. The van der Waals surface area contributed by atoms with Crippen LogP contribution in [-0.2, 0) is 19.3 Å². The van der Waals surface area contributed by atoms with Crippen molar-refractivity contribution in [2.24, 2.45) is 5.84 Å². The van der Waals surface area contributed by atoms with Crippen LogP contribution in [-0.4, -0.2) is 0 Å². The minimum atomic E-state index is 0.264. The van der Waals surface area contributed by atoms with E-state index in [1.54, 1.807) is 0 Å². The highest BCUT2D eigenvalue weighted by Crippen LogP contribution is 2.27. The summed E-state index contributed by atoms with van der Waals surface area (Å²) in [5.41, 5.74) is 8.79. The second kappa shape index (κ2) is 6.88. The highest BCUT2D eigenvalue weighted by atomic mass is 15.2. The molecule has 0 saturated heterocycles. The topological polar surface area (TPSA) is 38.0 Å². The molecule has 0 radical (unpaired) electrons. The maximum Gasteiger partial charge on any atom is 0.0460 e. The van der Waals surface area contributed by atoms with Crippen molar-refractivity contribution in [2.75, 3.05) is 0 Å². The Balaban J connectivity index is 1.60. The zero-order valence-corrected chi connectivity index (χ0v) is 12.5. The van der Waals surface area contributed by atoms with Gasteiger partial charge in [0, 0.05) is 6.04 Å². The average molecular weight is 280 g/mol. The maximum atomic E-state index is 5.78. The van der Waals surface area contributed by atoms with E-state index >= 15 is 0 Å². The molecule has 2 heteroatoms. The zero-order chi connectivity index (χ0) is 14.5. The van der Waals surface area contributed by atoms with Crippen molar-refractivity contribution < 1.29 is 0 Å². The summed E-state index contributed by atoms with van der Waals surface area (Å²) in [5, 5.41) is 0. The molecule has 2 aromatic rings. The van der Waals surface area contributed by atoms with Gasteiger partial charge in [-0.15, -0.1) is 0 Å². The molecule has 1 aliphatic carbocycles. The van der Waals surface area contributed by atoms with E-state index in [1.807, 2.05) is 0 Å². The van der Waals surface area contributed by atoms with Crippen LogP contribution in [0.2, 0.25) is 0 Å². The van der Waals surface area contributed by atoms with Crippen molar-refractivity contribution >= 4 is 0 Å². The van der Waals surface area contributed by atoms with E-state index in [4.69, 9.17) is 5.84 Å². The normalized spacial score (nSPS) is 14.9. The SMILES string of the molecule is NNC(CCCc1ccccc1)c1ccc2c(c1)CCC2. The largest absolute Gasteiger partial charge is 0.271 e. The molecule has 0 fully saturated rings. The molecule has 0 aromatic heterocycles. The number of hydrazine groups is 1. The Bertz CT molecular complexity index is 577. The highest BCUT2D eigenvalue weighted by molar-refractivity contribution is 5.36. The van der Waals surface area contributed by atoms with Crippen LogP contribution in [0.1, 0.15) is 47.6 Å². The molecule has 21 heavy (non-hydrogen) atoms. The van der Waals surface area contributed by atoms with Gasteiger partial charge in [-0.25, -0.2) is 0 Å². The van der Waals surface area contributed by atoms with Gasteiger partial charge in [0.2, 0.25) is 0 Å². The van der Waals surface area contributed by atoms with Gasteiger partial charge in [-0.1, -0.05) is 48.5 Å². The van der Waals surface area contributed by atoms with E-state index in [9.17, 15) is 0 Å². The number of aryl methyl sites for hydroxylation is 3. The molecule has 0 spiro atoms. The van der Waals surface area contributed by atoms with Gasteiger partial charge in [-0.05, 0) is 60.8 Å². The van der Waals surface area contributed by atoms with Crippen molar-refractivity contribution in [2.45, 2.75) is 44.6 Å². The molecule has 0 bridgehead atoms. The van der Waals surface area contributed by atoms with Crippen molar-refractivity contribution in [3.05, 3.63) is 70.8 Å². The molecule has 1 atom stereocenters. The van der Waals surface area contributed by atoms with Crippen molar-refractivity contribution in [3.8, 4) is 0 Å². The van der Waals surface area contributed by atoms with E-state index in [-0.39, 0.29) is 6.04 Å². The number of nitrogens with two attached hydrogens (primary N) is 1. The van der Waals surface area contributed by atoms with Crippen LogP contribution in [0.25, 0.3) is 0 Å². The molecule has 2 nitrogen and oxygen atoms in total. The predicted molar refractivity (Wildman–Crippen MR) is 87.9 cm³/mol. The van der Waals surface area contributed by atoms with Gasteiger partial charge in [0.1, 0.15) is 0 Å². The Labute approximate surface area is 127 Å². The number of nitrogens with one attached hydrogen (secondary N) is 1. The summed E-state index contributed by atoms with van der Waals surface area (Å²) in [6.45, 7) is 0. The van der Waals surface area contributed by atoms with Crippen molar-refractivity contribution in [1.29, 1.82) is 0 Å². The molecule has 3 rings (SSSR count). The third kappa shape index (κ3) is 3.52. The van der Waals surface area contributed by atoms with Crippen LogP contribution in [0.5, 0.6) is 0 Å². The molecule has 1 unspecified atom stereocenters. The standard InChI is InChI=1S/C19H24N2/c20-21-19(11-4-8-15-6-2-1-3-7-15)18-13-12-16-9-5-10-17(16)14-18/h1-3,6-7,12-14,19,21H,4-5,8-11,20H2. The highest BCUT2D eigenvalue weighted by Gasteiger charge is 2.15. The molecule has 0 heterocycles. The zero-order valence-electron chi connectivity index (χ0n) is 12.5. The first kappa shape index (κ1) is 14.3. The van der Waals surface area contributed by atoms with Gasteiger partial charge in [0.15, 0.2) is 0 Å². The molecule has 3 N–H and O–H groups in total. The first-order chi connectivity index (χ1) is 10.4. The van der Waals surface area contributed by atoms with Gasteiger partial charge in [-0.3, -0.25) is 11.3 Å². The van der Waals surface area contributed by atoms with Gasteiger partial charge in [0.05, 0.1) is 0 Å². The van der Waals surface area contributed by atoms with Gasteiger partial charge < -0.3 is 0 Å². The van der Waals surface area contributed by atoms with Gasteiger partial charge >= 0.3 is 0 Å². The summed E-state index contributed by atoms with van der Waals surface area (Å²) in [5.74, 6) is 5.78. The summed E-state index contributed by atoms with van der Waals surface area (Å²) in [6.07, 6.45) is 7.10. The summed E-state index contributed by atoms with van der Waals surface area (Å²) < 4.78 is 0. The fourth-order valence-electron chi connectivity index (χ4n) is 3.31. The van der Waals surface area contributed by atoms with E-state index in [0.717, 1.165) is 19.3 Å². The van der Waals surface area contributed by atoms with Crippen LogP contribution in [0.4, 0.5) is 0 Å². The van der Waals surface area contributed by atoms with Gasteiger partial charge in [0.25, 0.3) is 0 Å². The Morgan fingerprint density at radius 2 is 1.81 bits per heavy atom. The lowest BCUT2D eigenvalue weighted by molar-refractivity contribution is 0.498. The van der Waals surface area contributed by atoms with Gasteiger partial charge in [-0.2, -0.15) is 0 Å². The maximum absolute atomic E-state index is 5.78. The third-order valence-electron chi connectivity index (χ3n) is 4.53. The summed E-state index contributed by atoms with van der Waals surface area (Å²) in [6, 6.07) is 17.8. The van der Waals surface area contributed by atoms with Crippen molar-refractivity contribution in [3.63, 3.8) is 0 Å². The fourth-order valence-corrected chi connectivity index (χ4v) is 3.31. The summed E-state index contributed by atoms with van der Waals surface area (Å²) >= 11 is 0. The molecule has 110 valence electrons. The van der Waals surface area contributed by atoms with Crippen LogP contribution in [0, 0.1) is 0 Å². The second-order valence-electron chi connectivity index (χ2n) is 5.98. The predicted octanol–water partition coefficient (Wildman–Crippen LogP) is 3.70. The monoisotopic (exact) mass is 280 g/mol. The number of rotatable bonds is 6. The Kier molecular flexibility index (Phi) is 4.69. The molecule has 2 aromatic carbocycles. The number of benzene rings is 2. The van der Waals surface area contributed by atoms with E-state index in [1.165, 1.54) is 41.5 Å². The lowest BCUT2D eigenvalue weighted by Crippen LogP contribution is -2.28. The Hall–Kier alpha value is -1.64. The number of fused-ring (bicyclic) bond motifs is 1. The van der Waals surface area contributed by atoms with E-state index in [0.29, 0.717) is 0 Å². The van der Waals surface area contributed by atoms with Crippen LogP contribution in [0.3, 0.4) is 0 Å². The minimum absolute atomic E-state index is 0.264. The minimum Gasteiger partial charge on any atom is -0.271 e. The van der Waals surface area contributed by atoms with E-state index in [2.05, 4.69) is 54.0 Å². The molecule has 0 saturated carbocycles. The second-order valence-corrected chi connectivity index (χ2v) is 5.98. The summed E-state index contributed by atoms with van der Waals surface area (Å²) in [7, 11) is 0. The Morgan fingerprint density at radius 1 is 1.00 bits per heavy atom. The lowest BCUT2D eigenvalue weighted by atomic mass is 9.96. The van der Waals surface area contributed by atoms with Crippen LogP contribution in [0.15, 0.2) is 48.5 Å². The lowest BCUT2D eigenvalue weighted by Gasteiger charge is -2.17. The molecule has 1 aliphatic rings. The molecule has 0 amide bonds. The van der Waals surface area contributed by atoms with E-state index < -0.39 is 0 Å². The average Bonchev–Trinajstić information content (AvgIpc) is 3.00. The molecule has 0 aliphatic heterocycles. The summed E-state index contributed by atoms with van der Waals surface area (Å²) in [4.78, 5) is 0. The smallest absolute Gasteiger partial charge is 0.0460 e. The first-order valence-corrected chi connectivity index (χ1v) is 7.98. The number of hydrogen-bond acceptors (Lipinski definition) is 2. The van der Waals surface area contributed by atoms with Crippen molar-refractivity contribution in [1.82, 2.24) is 5.43 Å².